The standard InChI is InChI=1S/C15H23N3O2/c1-5-16-15(20)18-14(19)11(4)17-13-8-6-12(7-9-13)10(2)3/h6-11,17H,5H2,1-4H3,(H2,16,18,19,20). The van der Waals surface area contributed by atoms with E-state index in [4.69, 9.17) is 0 Å². The first-order valence-corrected chi connectivity index (χ1v) is 6.89. The molecule has 3 N–H and O–H groups in total. The van der Waals surface area contributed by atoms with Gasteiger partial charge in [-0.1, -0.05) is 26.0 Å². The first-order chi connectivity index (χ1) is 9.43. The average Bonchev–Trinajstić information content (AvgIpc) is 2.39. The van der Waals surface area contributed by atoms with Gasteiger partial charge in [-0.15, -0.1) is 0 Å². The van der Waals surface area contributed by atoms with Crippen LogP contribution in [0.2, 0.25) is 0 Å². The van der Waals surface area contributed by atoms with Crippen molar-refractivity contribution in [3.05, 3.63) is 29.8 Å². The van der Waals surface area contributed by atoms with Crippen molar-refractivity contribution >= 4 is 17.6 Å². The minimum atomic E-state index is -0.484. The van der Waals surface area contributed by atoms with Crippen molar-refractivity contribution < 1.29 is 9.59 Å². The molecule has 0 heterocycles. The first-order valence-electron chi connectivity index (χ1n) is 6.89. The lowest BCUT2D eigenvalue weighted by Crippen LogP contribution is -2.45. The molecule has 0 bridgehead atoms. The van der Waals surface area contributed by atoms with Crippen LogP contribution in [0, 0.1) is 0 Å². The van der Waals surface area contributed by atoms with Crippen molar-refractivity contribution in [1.82, 2.24) is 10.6 Å². The topological polar surface area (TPSA) is 70.2 Å². The summed E-state index contributed by atoms with van der Waals surface area (Å²) in [5.74, 6) is 0.117. The largest absolute Gasteiger partial charge is 0.374 e. The van der Waals surface area contributed by atoms with E-state index in [1.54, 1.807) is 13.8 Å². The summed E-state index contributed by atoms with van der Waals surface area (Å²) in [6.07, 6.45) is 0. The van der Waals surface area contributed by atoms with E-state index in [0.717, 1.165) is 5.69 Å². The summed E-state index contributed by atoms with van der Waals surface area (Å²) >= 11 is 0. The zero-order chi connectivity index (χ0) is 15.1. The molecule has 0 aliphatic carbocycles. The zero-order valence-corrected chi connectivity index (χ0v) is 12.5. The molecule has 0 aliphatic rings. The molecular formula is C15H23N3O2. The number of amides is 3. The molecule has 1 atom stereocenters. The van der Waals surface area contributed by atoms with Gasteiger partial charge in [0.25, 0.3) is 0 Å². The fourth-order valence-electron chi connectivity index (χ4n) is 1.70. The number of carbonyl (C=O) groups excluding carboxylic acids is 2. The highest BCUT2D eigenvalue weighted by molar-refractivity contribution is 5.97. The van der Waals surface area contributed by atoms with E-state index in [1.165, 1.54) is 5.56 Å². The molecule has 3 amide bonds. The summed E-state index contributed by atoms with van der Waals surface area (Å²) in [4.78, 5) is 23.0. The molecule has 0 saturated heterocycles. The summed E-state index contributed by atoms with van der Waals surface area (Å²) in [5.41, 5.74) is 2.10. The third-order valence-electron chi connectivity index (χ3n) is 2.93. The Morgan fingerprint density at radius 2 is 1.70 bits per heavy atom. The van der Waals surface area contributed by atoms with Crippen LogP contribution in [0.3, 0.4) is 0 Å². The van der Waals surface area contributed by atoms with Crippen LogP contribution in [0.15, 0.2) is 24.3 Å². The van der Waals surface area contributed by atoms with Crippen LogP contribution in [0.1, 0.15) is 39.2 Å². The maximum Gasteiger partial charge on any atom is 0.321 e. The fraction of sp³-hybridized carbons (Fsp3) is 0.467. The average molecular weight is 277 g/mol. The monoisotopic (exact) mass is 277 g/mol. The van der Waals surface area contributed by atoms with Gasteiger partial charge in [0.05, 0.1) is 0 Å². The van der Waals surface area contributed by atoms with Gasteiger partial charge in [-0.3, -0.25) is 10.1 Å². The van der Waals surface area contributed by atoms with Crippen molar-refractivity contribution in [1.29, 1.82) is 0 Å². The second kappa shape index (κ2) is 7.53. The molecule has 1 aromatic carbocycles. The molecule has 110 valence electrons. The zero-order valence-electron chi connectivity index (χ0n) is 12.5. The second-order valence-corrected chi connectivity index (χ2v) is 4.99. The highest BCUT2D eigenvalue weighted by Gasteiger charge is 2.15. The molecule has 0 spiro atoms. The highest BCUT2D eigenvalue weighted by Crippen LogP contribution is 2.17. The van der Waals surface area contributed by atoms with Gasteiger partial charge in [0, 0.05) is 12.2 Å². The van der Waals surface area contributed by atoms with E-state index in [-0.39, 0.29) is 5.91 Å². The molecule has 0 radical (unpaired) electrons. The lowest BCUT2D eigenvalue weighted by molar-refractivity contribution is -0.120. The first kappa shape index (κ1) is 16.0. The van der Waals surface area contributed by atoms with Crippen LogP contribution in [-0.2, 0) is 4.79 Å². The summed E-state index contributed by atoms with van der Waals surface area (Å²) < 4.78 is 0. The van der Waals surface area contributed by atoms with E-state index < -0.39 is 12.1 Å². The predicted octanol–water partition coefficient (Wildman–Crippen LogP) is 2.46. The second-order valence-electron chi connectivity index (χ2n) is 4.99. The SMILES string of the molecule is CCNC(=O)NC(=O)C(C)Nc1ccc(C(C)C)cc1. The van der Waals surface area contributed by atoms with Crippen LogP contribution >= 0.6 is 0 Å². The number of urea groups is 1. The number of benzene rings is 1. The molecule has 0 saturated carbocycles. The Balaban J connectivity index is 2.54. The maximum absolute atomic E-state index is 11.8. The minimum absolute atomic E-state index is 0.358. The summed E-state index contributed by atoms with van der Waals surface area (Å²) in [6, 6.07) is 6.98. The molecule has 1 rings (SSSR count). The van der Waals surface area contributed by atoms with Gasteiger partial charge in [0.15, 0.2) is 0 Å². The summed E-state index contributed by atoms with van der Waals surface area (Å²) in [7, 11) is 0. The number of carbonyl (C=O) groups is 2. The van der Waals surface area contributed by atoms with Crippen LogP contribution < -0.4 is 16.0 Å². The third kappa shape index (κ3) is 4.91. The molecule has 20 heavy (non-hydrogen) atoms. The van der Waals surface area contributed by atoms with E-state index in [1.807, 2.05) is 24.3 Å². The van der Waals surface area contributed by atoms with Crippen molar-refractivity contribution in [2.24, 2.45) is 0 Å². The highest BCUT2D eigenvalue weighted by atomic mass is 16.2. The Bertz CT molecular complexity index is 455. The van der Waals surface area contributed by atoms with Gasteiger partial charge >= 0.3 is 6.03 Å². The van der Waals surface area contributed by atoms with E-state index >= 15 is 0 Å². The number of rotatable bonds is 5. The number of hydrogen-bond donors (Lipinski definition) is 3. The maximum atomic E-state index is 11.8. The predicted molar refractivity (Wildman–Crippen MR) is 80.8 cm³/mol. The van der Waals surface area contributed by atoms with Crippen molar-refractivity contribution in [3.63, 3.8) is 0 Å². The van der Waals surface area contributed by atoms with Crippen LogP contribution in [0.4, 0.5) is 10.5 Å². The third-order valence-corrected chi connectivity index (χ3v) is 2.93. The van der Waals surface area contributed by atoms with Crippen molar-refractivity contribution in [3.8, 4) is 0 Å². The lowest BCUT2D eigenvalue weighted by Gasteiger charge is -2.15. The number of anilines is 1. The van der Waals surface area contributed by atoms with Gasteiger partial charge in [0.2, 0.25) is 5.91 Å². The molecule has 5 heteroatoms. The van der Waals surface area contributed by atoms with Crippen LogP contribution in [0.5, 0.6) is 0 Å². The molecule has 1 unspecified atom stereocenters. The quantitative estimate of drug-likeness (QED) is 0.774. The Morgan fingerprint density at radius 3 is 2.20 bits per heavy atom. The Morgan fingerprint density at radius 1 is 1.10 bits per heavy atom. The Kier molecular flexibility index (Phi) is 6.03. The summed E-state index contributed by atoms with van der Waals surface area (Å²) in [6.45, 7) is 8.25. The Labute approximate surface area is 120 Å². The van der Waals surface area contributed by atoms with Gasteiger partial charge in [-0.05, 0) is 37.5 Å². The summed E-state index contributed by atoms with van der Waals surface area (Å²) in [5, 5.41) is 7.86. The van der Waals surface area contributed by atoms with Gasteiger partial charge < -0.3 is 10.6 Å². The Hall–Kier alpha value is -2.04. The normalized spacial score (nSPS) is 11.8. The molecule has 0 aromatic heterocycles. The number of nitrogens with one attached hydrogen (secondary N) is 3. The molecule has 0 aliphatic heterocycles. The molecule has 1 aromatic rings. The number of imide groups is 1. The van der Waals surface area contributed by atoms with Gasteiger partial charge in [0.1, 0.15) is 6.04 Å². The smallest absolute Gasteiger partial charge is 0.321 e. The van der Waals surface area contributed by atoms with E-state index in [9.17, 15) is 9.59 Å². The van der Waals surface area contributed by atoms with E-state index in [0.29, 0.717) is 12.5 Å². The number of hydrogen-bond acceptors (Lipinski definition) is 3. The van der Waals surface area contributed by atoms with Crippen LogP contribution in [0.25, 0.3) is 0 Å². The van der Waals surface area contributed by atoms with Gasteiger partial charge in [-0.2, -0.15) is 0 Å². The van der Waals surface area contributed by atoms with E-state index in [2.05, 4.69) is 29.8 Å². The lowest BCUT2D eigenvalue weighted by atomic mass is 10.0. The van der Waals surface area contributed by atoms with Crippen molar-refractivity contribution in [2.75, 3.05) is 11.9 Å². The minimum Gasteiger partial charge on any atom is -0.374 e. The van der Waals surface area contributed by atoms with Gasteiger partial charge in [-0.25, -0.2) is 4.79 Å². The molecule has 5 nitrogen and oxygen atoms in total. The molecular weight excluding hydrogens is 254 g/mol. The molecule has 0 fully saturated rings. The van der Waals surface area contributed by atoms with Crippen LogP contribution in [-0.4, -0.2) is 24.5 Å². The fourth-order valence-corrected chi connectivity index (χ4v) is 1.70. The van der Waals surface area contributed by atoms with Crippen molar-refractivity contribution in [2.45, 2.75) is 39.7 Å².